The molecule has 370 valence electrons. The lowest BCUT2D eigenvalue weighted by Gasteiger charge is -2.25. The van der Waals surface area contributed by atoms with E-state index in [1.165, 1.54) is 25.7 Å². The van der Waals surface area contributed by atoms with E-state index in [1.54, 1.807) is 24.8 Å². The number of nitrogens with one attached hydrogen (secondary N) is 3. The summed E-state index contributed by atoms with van der Waals surface area (Å²) in [7, 11) is 2.13. The summed E-state index contributed by atoms with van der Waals surface area (Å²) < 4.78 is 4.26. The summed E-state index contributed by atoms with van der Waals surface area (Å²) in [6.45, 7) is 5.18. The number of rotatable bonds is 12. The van der Waals surface area contributed by atoms with E-state index in [4.69, 9.17) is 9.97 Å². The lowest BCUT2D eigenvalue weighted by Crippen LogP contribution is -2.38. The molecule has 6 fully saturated rings. The molecule has 0 radical (unpaired) electrons. The van der Waals surface area contributed by atoms with Crippen molar-refractivity contribution < 1.29 is 19.2 Å². The number of hydrogen-bond acceptors (Lipinski definition) is 14. The predicted molar refractivity (Wildman–Crippen MR) is 273 cm³/mol. The number of anilines is 6. The van der Waals surface area contributed by atoms with Crippen molar-refractivity contribution in [1.29, 1.82) is 0 Å². The second-order valence-corrected chi connectivity index (χ2v) is 20.3. The van der Waals surface area contributed by atoms with E-state index in [9.17, 15) is 19.2 Å². The van der Waals surface area contributed by atoms with Crippen LogP contribution in [-0.2, 0) is 9.59 Å². The number of nitrogens with zero attached hydrogens (tertiary/aromatic N) is 11. The molecular weight excluding hydrogens is 897 g/mol. The van der Waals surface area contributed by atoms with Crippen molar-refractivity contribution in [3.8, 4) is 0 Å². The standard InChI is InChI=1S/C27H33N7O2.C26H31N7O2/c1-3-23(35)22-12-17-14-29-27(31-26(17)34(22)18-6-4-5-7-18)30-24-11-10-20(15-28-24)33-16-21-9-8-19(32(21)2)13-25(33)36;1-2-22(34)21-11-16-13-28-26(31-25(16)33(21)19-5-3-4-6-19)30-23-10-9-20(14-27-23)32-15-18-8-7-17(29-18)12-24(32)35/h10-12,14-15,18-19,21H,3-9,13,16H2,1-2H3,(H,28,29,30,31);9-11,13-14,17-19,29H,2-8,12,15H2,1H3,(H,27,28,30,31)/t19-,21+;17-,18+/m00/s1. The molecule has 2 aliphatic carbocycles. The molecule has 4 bridgehead atoms. The van der Waals surface area contributed by atoms with Crippen molar-refractivity contribution in [2.45, 2.75) is 153 Å². The Balaban J connectivity index is 0.000000154. The predicted octanol–water partition coefficient (Wildman–Crippen LogP) is 8.61. The first-order valence-corrected chi connectivity index (χ1v) is 26.0. The third-order valence-corrected chi connectivity index (χ3v) is 15.9. The Morgan fingerprint density at radius 2 is 1.07 bits per heavy atom. The van der Waals surface area contributed by atoms with Crippen LogP contribution in [0.5, 0.6) is 0 Å². The molecule has 4 atom stereocenters. The molecule has 6 aromatic heterocycles. The molecule has 18 heteroatoms. The van der Waals surface area contributed by atoms with Gasteiger partial charge in [-0.3, -0.25) is 24.1 Å². The highest BCUT2D eigenvalue weighted by Crippen LogP contribution is 2.37. The minimum Gasteiger partial charge on any atom is -0.320 e. The first-order valence-electron chi connectivity index (χ1n) is 26.0. The van der Waals surface area contributed by atoms with Crippen molar-refractivity contribution in [1.82, 2.24) is 49.3 Å². The van der Waals surface area contributed by atoms with E-state index < -0.39 is 0 Å². The summed E-state index contributed by atoms with van der Waals surface area (Å²) >= 11 is 0. The van der Waals surface area contributed by atoms with Gasteiger partial charge in [-0.2, -0.15) is 9.97 Å². The number of amides is 2. The van der Waals surface area contributed by atoms with Crippen molar-refractivity contribution in [3.63, 3.8) is 0 Å². The van der Waals surface area contributed by atoms with Gasteiger partial charge in [0.05, 0.1) is 35.2 Å². The van der Waals surface area contributed by atoms with Crippen LogP contribution in [0.1, 0.15) is 150 Å². The normalized spacial score (nSPS) is 22.8. The van der Waals surface area contributed by atoms with Crippen LogP contribution in [-0.4, -0.2) is 112 Å². The molecule has 3 N–H and O–H groups in total. The summed E-state index contributed by atoms with van der Waals surface area (Å²) in [6, 6.07) is 13.4. The minimum absolute atomic E-state index is 0.133. The molecule has 4 saturated heterocycles. The van der Waals surface area contributed by atoms with Crippen molar-refractivity contribution >= 4 is 80.4 Å². The Bertz CT molecular complexity index is 2960. The molecule has 6 aromatic rings. The number of pyridine rings is 2. The van der Waals surface area contributed by atoms with Gasteiger partial charge in [0, 0.05) is 98.2 Å². The second-order valence-electron chi connectivity index (χ2n) is 20.3. The van der Waals surface area contributed by atoms with Gasteiger partial charge in [-0.25, -0.2) is 19.9 Å². The van der Waals surface area contributed by atoms with Crippen LogP contribution < -0.4 is 25.8 Å². The van der Waals surface area contributed by atoms with Crippen molar-refractivity contribution in [2.24, 2.45) is 0 Å². The van der Waals surface area contributed by atoms with Crippen LogP contribution in [0.3, 0.4) is 0 Å². The topological polar surface area (TPSA) is 201 Å². The molecule has 2 saturated carbocycles. The fourth-order valence-electron chi connectivity index (χ4n) is 12.0. The average molecular weight is 961 g/mol. The maximum Gasteiger partial charge on any atom is 0.230 e. The summed E-state index contributed by atoms with van der Waals surface area (Å²) in [5.74, 6) is 2.68. The Morgan fingerprint density at radius 1 is 0.577 bits per heavy atom. The van der Waals surface area contributed by atoms with Crippen LogP contribution in [0.2, 0.25) is 0 Å². The number of ketones is 2. The molecule has 2 amide bonds. The van der Waals surface area contributed by atoms with Gasteiger partial charge in [-0.1, -0.05) is 39.5 Å². The molecular formula is C53H64N14O4. The Hall–Kier alpha value is -6.66. The van der Waals surface area contributed by atoms with E-state index in [1.807, 2.05) is 60.0 Å². The van der Waals surface area contributed by atoms with Gasteiger partial charge in [-0.15, -0.1) is 0 Å². The lowest BCUT2D eigenvalue weighted by molar-refractivity contribution is -0.119. The number of hydrogen-bond donors (Lipinski definition) is 3. The van der Waals surface area contributed by atoms with Gasteiger partial charge in [0.15, 0.2) is 11.6 Å². The highest BCUT2D eigenvalue weighted by molar-refractivity contribution is 6.00. The molecule has 0 unspecified atom stereocenters. The number of carbonyl (C=O) groups excluding carboxylic acids is 4. The largest absolute Gasteiger partial charge is 0.320 e. The monoisotopic (exact) mass is 961 g/mol. The maximum absolute atomic E-state index is 12.9. The molecule has 71 heavy (non-hydrogen) atoms. The fourth-order valence-corrected chi connectivity index (χ4v) is 12.0. The van der Waals surface area contributed by atoms with E-state index >= 15 is 0 Å². The molecule has 4 aliphatic heterocycles. The van der Waals surface area contributed by atoms with Crippen LogP contribution in [0.15, 0.2) is 61.2 Å². The SMILES string of the molecule is CCC(=O)c1cc2cnc(Nc3ccc(N4C[C@H]5CC[C@@H](CC4=O)N5)cn3)nc2n1C1CCCC1.CCC(=O)c1cc2cnc(Nc3ccc(N4C[C@H]5CC[C@@H](CC4=O)N5C)cn3)nc2n1C1CCCC1. The molecule has 10 heterocycles. The number of Topliss-reactive ketones (excluding diaryl/α,β-unsaturated/α-hetero) is 2. The van der Waals surface area contributed by atoms with Gasteiger partial charge in [0.1, 0.15) is 22.9 Å². The molecule has 18 nitrogen and oxygen atoms in total. The highest BCUT2D eigenvalue weighted by atomic mass is 16.2. The van der Waals surface area contributed by atoms with Gasteiger partial charge in [-0.05, 0) is 94.8 Å². The number of fused-ring (bicyclic) bond motifs is 6. The molecule has 0 aromatic carbocycles. The minimum atomic E-state index is 0.133. The quantitative estimate of drug-likeness (QED) is 0.0985. The van der Waals surface area contributed by atoms with Crippen molar-refractivity contribution in [3.05, 3.63) is 72.6 Å². The van der Waals surface area contributed by atoms with Gasteiger partial charge >= 0.3 is 0 Å². The van der Waals surface area contributed by atoms with Gasteiger partial charge in [0.25, 0.3) is 0 Å². The Kier molecular flexibility index (Phi) is 13.1. The Morgan fingerprint density at radius 3 is 1.58 bits per heavy atom. The van der Waals surface area contributed by atoms with Crippen LogP contribution in [0.25, 0.3) is 22.1 Å². The third-order valence-electron chi connectivity index (χ3n) is 15.9. The van der Waals surface area contributed by atoms with Gasteiger partial charge < -0.3 is 34.9 Å². The summed E-state index contributed by atoms with van der Waals surface area (Å²) in [5, 5.41) is 11.7. The van der Waals surface area contributed by atoms with Crippen LogP contribution in [0.4, 0.5) is 34.9 Å². The summed E-state index contributed by atoms with van der Waals surface area (Å²) in [5.41, 5.74) is 4.68. The first-order chi connectivity index (χ1) is 34.6. The van der Waals surface area contributed by atoms with E-state index in [-0.39, 0.29) is 23.4 Å². The number of aromatic nitrogens is 8. The van der Waals surface area contributed by atoms with Crippen molar-refractivity contribution in [2.75, 3.05) is 40.6 Å². The van der Waals surface area contributed by atoms with E-state index in [2.05, 4.69) is 57.0 Å². The smallest absolute Gasteiger partial charge is 0.230 e. The summed E-state index contributed by atoms with van der Waals surface area (Å²) in [4.78, 5) is 84.6. The van der Waals surface area contributed by atoms with Crippen LogP contribution in [0, 0.1) is 0 Å². The van der Waals surface area contributed by atoms with Gasteiger partial charge in [0.2, 0.25) is 23.7 Å². The third kappa shape index (κ3) is 9.39. The lowest BCUT2D eigenvalue weighted by atomic mass is 10.1. The number of likely N-dealkylation sites (N-methyl/N-ethyl adjacent to an activating group) is 1. The second kappa shape index (κ2) is 19.9. The fraction of sp³-hybridized carbons (Fsp3) is 0.509. The zero-order valence-corrected chi connectivity index (χ0v) is 41.0. The average Bonchev–Trinajstić information content (AvgIpc) is 4.26. The summed E-state index contributed by atoms with van der Waals surface area (Å²) in [6.07, 6.45) is 22.4. The first kappa shape index (κ1) is 46.7. The maximum atomic E-state index is 12.9. The highest BCUT2D eigenvalue weighted by Gasteiger charge is 2.39. The zero-order valence-electron chi connectivity index (χ0n) is 41.0. The van der Waals surface area contributed by atoms with E-state index in [0.717, 1.165) is 96.2 Å². The zero-order chi connectivity index (χ0) is 48.8. The molecule has 0 spiro atoms. The van der Waals surface area contributed by atoms with E-state index in [0.29, 0.717) is 98.6 Å². The van der Waals surface area contributed by atoms with Crippen LogP contribution >= 0.6 is 0 Å². The molecule has 12 rings (SSSR count). The number of carbonyl (C=O) groups is 4. The Labute approximate surface area is 413 Å². The molecule has 6 aliphatic rings.